The smallest absolute Gasteiger partial charge is 0.259 e. The number of anilines is 1. The molecule has 0 aliphatic carbocycles. The molecule has 0 aromatic heterocycles. The van der Waals surface area contributed by atoms with Crippen molar-refractivity contribution in [3.05, 3.63) is 58.7 Å². The lowest BCUT2D eigenvalue weighted by Gasteiger charge is -2.15. The number of aryl methyl sites for hydroxylation is 3. The SMILES string of the molecule is CCCCOc1ccccc1C(=O)Nc1c(C)cc(C)cc1C. The summed E-state index contributed by atoms with van der Waals surface area (Å²) in [5.41, 5.74) is 4.79. The van der Waals surface area contributed by atoms with Crippen LogP contribution in [0.3, 0.4) is 0 Å². The molecule has 0 aliphatic rings. The maximum absolute atomic E-state index is 12.7. The van der Waals surface area contributed by atoms with Crippen LogP contribution in [0.2, 0.25) is 0 Å². The summed E-state index contributed by atoms with van der Waals surface area (Å²) in [6, 6.07) is 11.5. The quantitative estimate of drug-likeness (QED) is 0.759. The molecule has 1 amide bonds. The van der Waals surface area contributed by atoms with Crippen molar-refractivity contribution in [3.63, 3.8) is 0 Å². The molecule has 0 saturated carbocycles. The van der Waals surface area contributed by atoms with Gasteiger partial charge in [0, 0.05) is 5.69 Å². The van der Waals surface area contributed by atoms with Crippen LogP contribution in [0, 0.1) is 20.8 Å². The Balaban J connectivity index is 2.21. The molecule has 2 aromatic carbocycles. The molecule has 0 unspecified atom stereocenters. The van der Waals surface area contributed by atoms with E-state index in [9.17, 15) is 4.79 Å². The van der Waals surface area contributed by atoms with E-state index in [1.807, 2.05) is 32.0 Å². The Morgan fingerprint density at radius 3 is 2.39 bits per heavy atom. The van der Waals surface area contributed by atoms with Gasteiger partial charge in [-0.05, 0) is 50.5 Å². The summed E-state index contributed by atoms with van der Waals surface area (Å²) < 4.78 is 5.76. The largest absolute Gasteiger partial charge is 0.493 e. The molecule has 2 rings (SSSR count). The first-order chi connectivity index (χ1) is 11.0. The van der Waals surface area contributed by atoms with Gasteiger partial charge in [-0.1, -0.05) is 43.2 Å². The fraction of sp³-hybridized carbons (Fsp3) is 0.350. The van der Waals surface area contributed by atoms with Gasteiger partial charge in [0.05, 0.1) is 12.2 Å². The summed E-state index contributed by atoms with van der Waals surface area (Å²) in [7, 11) is 0. The Hall–Kier alpha value is -2.29. The van der Waals surface area contributed by atoms with Crippen molar-refractivity contribution in [1.29, 1.82) is 0 Å². The summed E-state index contributed by atoms with van der Waals surface area (Å²) in [6.07, 6.45) is 2.04. The van der Waals surface area contributed by atoms with Gasteiger partial charge >= 0.3 is 0 Å². The van der Waals surface area contributed by atoms with Gasteiger partial charge in [-0.3, -0.25) is 4.79 Å². The average Bonchev–Trinajstić information content (AvgIpc) is 2.51. The maximum atomic E-state index is 12.7. The van der Waals surface area contributed by atoms with E-state index in [-0.39, 0.29) is 5.91 Å². The molecule has 3 heteroatoms. The number of carbonyl (C=O) groups is 1. The molecular weight excluding hydrogens is 286 g/mol. The van der Waals surface area contributed by atoms with Crippen LogP contribution in [0.15, 0.2) is 36.4 Å². The van der Waals surface area contributed by atoms with Gasteiger partial charge in [-0.25, -0.2) is 0 Å². The molecule has 1 N–H and O–H groups in total. The number of carbonyl (C=O) groups excluding carboxylic acids is 1. The summed E-state index contributed by atoms with van der Waals surface area (Å²) in [5, 5.41) is 3.03. The Morgan fingerprint density at radius 2 is 1.74 bits per heavy atom. The minimum absolute atomic E-state index is 0.132. The third kappa shape index (κ3) is 4.35. The second kappa shape index (κ2) is 7.82. The van der Waals surface area contributed by atoms with Gasteiger partial charge in [-0.15, -0.1) is 0 Å². The molecule has 0 heterocycles. The highest BCUT2D eigenvalue weighted by molar-refractivity contribution is 6.06. The van der Waals surface area contributed by atoms with E-state index in [1.54, 1.807) is 6.07 Å². The number of benzene rings is 2. The first-order valence-corrected chi connectivity index (χ1v) is 8.14. The Bertz CT molecular complexity index is 669. The van der Waals surface area contributed by atoms with Crippen molar-refractivity contribution in [2.24, 2.45) is 0 Å². The van der Waals surface area contributed by atoms with Crippen molar-refractivity contribution in [3.8, 4) is 5.75 Å². The van der Waals surface area contributed by atoms with Crippen LogP contribution < -0.4 is 10.1 Å². The monoisotopic (exact) mass is 311 g/mol. The number of rotatable bonds is 6. The molecule has 0 bridgehead atoms. The minimum Gasteiger partial charge on any atom is -0.493 e. The van der Waals surface area contributed by atoms with E-state index in [2.05, 4.69) is 31.3 Å². The van der Waals surface area contributed by atoms with Gasteiger partial charge in [0.25, 0.3) is 5.91 Å². The number of nitrogens with one attached hydrogen (secondary N) is 1. The normalized spacial score (nSPS) is 10.4. The van der Waals surface area contributed by atoms with Gasteiger partial charge in [0.15, 0.2) is 0 Å². The second-order valence-electron chi connectivity index (χ2n) is 5.93. The van der Waals surface area contributed by atoms with Crippen molar-refractivity contribution < 1.29 is 9.53 Å². The molecule has 0 atom stereocenters. The maximum Gasteiger partial charge on any atom is 0.259 e. The minimum atomic E-state index is -0.132. The number of hydrogen-bond donors (Lipinski definition) is 1. The first kappa shape index (κ1) is 17.1. The van der Waals surface area contributed by atoms with Gasteiger partial charge < -0.3 is 10.1 Å². The Labute approximate surface area is 138 Å². The summed E-state index contributed by atoms with van der Waals surface area (Å²) >= 11 is 0. The summed E-state index contributed by atoms with van der Waals surface area (Å²) in [4.78, 5) is 12.7. The van der Waals surface area contributed by atoms with E-state index in [0.717, 1.165) is 29.7 Å². The van der Waals surface area contributed by atoms with Crippen LogP contribution in [-0.2, 0) is 0 Å². The zero-order chi connectivity index (χ0) is 16.8. The van der Waals surface area contributed by atoms with Crippen molar-refractivity contribution in [1.82, 2.24) is 0 Å². The highest BCUT2D eigenvalue weighted by Gasteiger charge is 2.14. The van der Waals surface area contributed by atoms with Gasteiger partial charge in [0.2, 0.25) is 0 Å². The van der Waals surface area contributed by atoms with Crippen LogP contribution in [-0.4, -0.2) is 12.5 Å². The molecule has 2 aromatic rings. The topological polar surface area (TPSA) is 38.3 Å². The van der Waals surface area contributed by atoms with E-state index >= 15 is 0 Å². The molecule has 0 saturated heterocycles. The Kier molecular flexibility index (Phi) is 5.80. The first-order valence-electron chi connectivity index (χ1n) is 8.14. The van der Waals surface area contributed by atoms with Crippen LogP contribution >= 0.6 is 0 Å². The fourth-order valence-electron chi connectivity index (χ4n) is 2.66. The number of ether oxygens (including phenoxy) is 1. The fourth-order valence-corrected chi connectivity index (χ4v) is 2.66. The molecule has 122 valence electrons. The standard InChI is InChI=1S/C20H25NO2/c1-5-6-11-23-18-10-8-7-9-17(18)20(22)21-19-15(3)12-14(2)13-16(19)4/h7-10,12-13H,5-6,11H2,1-4H3,(H,21,22). The number of hydrogen-bond acceptors (Lipinski definition) is 2. The average molecular weight is 311 g/mol. The van der Waals surface area contributed by atoms with E-state index in [4.69, 9.17) is 4.74 Å². The van der Waals surface area contributed by atoms with E-state index in [0.29, 0.717) is 17.9 Å². The van der Waals surface area contributed by atoms with Gasteiger partial charge in [0.1, 0.15) is 5.75 Å². The molecular formula is C20H25NO2. The molecule has 0 aliphatic heterocycles. The number of para-hydroxylation sites is 1. The van der Waals surface area contributed by atoms with Gasteiger partial charge in [-0.2, -0.15) is 0 Å². The van der Waals surface area contributed by atoms with Crippen LogP contribution in [0.1, 0.15) is 46.8 Å². The number of unbranched alkanes of at least 4 members (excludes halogenated alkanes) is 1. The second-order valence-corrected chi connectivity index (χ2v) is 5.93. The third-order valence-electron chi connectivity index (χ3n) is 3.80. The van der Waals surface area contributed by atoms with Crippen molar-refractivity contribution in [2.75, 3.05) is 11.9 Å². The van der Waals surface area contributed by atoms with Crippen molar-refractivity contribution >= 4 is 11.6 Å². The van der Waals surface area contributed by atoms with Crippen LogP contribution in [0.4, 0.5) is 5.69 Å². The highest BCUT2D eigenvalue weighted by Crippen LogP contribution is 2.25. The summed E-state index contributed by atoms with van der Waals surface area (Å²) in [5.74, 6) is 0.507. The zero-order valence-electron chi connectivity index (χ0n) is 14.4. The van der Waals surface area contributed by atoms with E-state index in [1.165, 1.54) is 5.56 Å². The molecule has 0 spiro atoms. The number of amides is 1. The molecule has 3 nitrogen and oxygen atoms in total. The lowest BCUT2D eigenvalue weighted by molar-refractivity contribution is 0.102. The van der Waals surface area contributed by atoms with E-state index < -0.39 is 0 Å². The van der Waals surface area contributed by atoms with Crippen LogP contribution in [0.25, 0.3) is 0 Å². The third-order valence-corrected chi connectivity index (χ3v) is 3.80. The molecule has 0 radical (unpaired) electrons. The van der Waals surface area contributed by atoms with Crippen LogP contribution in [0.5, 0.6) is 5.75 Å². The molecule has 0 fully saturated rings. The highest BCUT2D eigenvalue weighted by atomic mass is 16.5. The molecule has 23 heavy (non-hydrogen) atoms. The summed E-state index contributed by atoms with van der Waals surface area (Å²) in [6.45, 7) is 8.83. The lowest BCUT2D eigenvalue weighted by Crippen LogP contribution is -2.15. The predicted octanol–water partition coefficient (Wildman–Crippen LogP) is 5.04. The zero-order valence-corrected chi connectivity index (χ0v) is 14.4. The lowest BCUT2D eigenvalue weighted by atomic mass is 10.0. The predicted molar refractivity (Wildman–Crippen MR) is 95.5 cm³/mol. The Morgan fingerprint density at radius 1 is 1.09 bits per heavy atom. The van der Waals surface area contributed by atoms with Crippen molar-refractivity contribution in [2.45, 2.75) is 40.5 Å².